The Bertz CT molecular complexity index is 1340. The lowest BCUT2D eigenvalue weighted by Gasteiger charge is -2.19. The summed E-state index contributed by atoms with van der Waals surface area (Å²) in [4.78, 5) is 2.59. The largest absolute Gasteiger partial charge is 0.299 e. The third kappa shape index (κ3) is 11.9. The highest BCUT2D eigenvalue weighted by molar-refractivity contribution is 8.26. The zero-order valence-corrected chi connectivity index (χ0v) is 29.3. The highest BCUT2D eigenvalue weighted by Gasteiger charge is 2.44. The van der Waals surface area contributed by atoms with Crippen LogP contribution in [0.4, 0.5) is 0 Å². The molecule has 44 heavy (non-hydrogen) atoms. The lowest BCUT2D eigenvalue weighted by Crippen LogP contribution is -2.21. The second kappa shape index (κ2) is 16.3. The Morgan fingerprint density at radius 2 is 1.36 bits per heavy atom. The molecule has 2 aliphatic rings. The van der Waals surface area contributed by atoms with Crippen molar-refractivity contribution in [1.82, 2.24) is 9.62 Å². The van der Waals surface area contributed by atoms with Gasteiger partial charge in [0, 0.05) is 26.2 Å². The number of nitrogens with one attached hydrogen (secondary N) is 1. The molecule has 1 aliphatic heterocycles. The molecular formula is C41H60N2S. The number of hydrogen-bond donors (Lipinski definition) is 1. The lowest BCUT2D eigenvalue weighted by atomic mass is 9.85. The van der Waals surface area contributed by atoms with Gasteiger partial charge in [0.25, 0.3) is 0 Å². The van der Waals surface area contributed by atoms with E-state index in [0.29, 0.717) is 5.92 Å². The van der Waals surface area contributed by atoms with Gasteiger partial charge in [0.2, 0.25) is 0 Å². The van der Waals surface area contributed by atoms with Gasteiger partial charge in [-0.05, 0) is 95.3 Å². The van der Waals surface area contributed by atoms with Crippen LogP contribution in [-0.4, -0.2) is 42.0 Å². The molecule has 0 amide bonds. The molecule has 3 aromatic rings. The number of fused-ring (bicyclic) bond motifs is 1. The highest BCUT2D eigenvalue weighted by Crippen LogP contribution is 2.45. The van der Waals surface area contributed by atoms with E-state index < -0.39 is 9.39 Å². The Kier molecular flexibility index (Phi) is 12.8. The Labute approximate surface area is 271 Å². The van der Waals surface area contributed by atoms with E-state index in [2.05, 4.69) is 135 Å². The Balaban J connectivity index is 0.000000277. The average molecular weight is 613 g/mol. The fourth-order valence-electron chi connectivity index (χ4n) is 6.40. The van der Waals surface area contributed by atoms with Crippen molar-refractivity contribution in [3.63, 3.8) is 0 Å². The standard InChI is InChI=1S/C29H45NS.C12H15N/c1-8-9-21-31(6,7)30-20-10-11-25-12-14-26(15-13-25)22-24(2)23-27-16-18-28(19-17-27)29(3,4)5;1-2-4-10(5-3-1)7-13-8-11-6-12(11)9-13/h12-19,24,30H,6-11,20-23H2,1-5H3;1-5,11-12H,6-9H2. The summed E-state index contributed by atoms with van der Waals surface area (Å²) in [5.41, 5.74) is 7.41. The fraction of sp³-hybridized carbons (Fsp3) is 0.512. The van der Waals surface area contributed by atoms with Crippen LogP contribution in [0.2, 0.25) is 0 Å². The first-order valence-corrected chi connectivity index (χ1v) is 19.3. The quantitative estimate of drug-likeness (QED) is 0.144. The van der Waals surface area contributed by atoms with Gasteiger partial charge in [-0.25, -0.2) is 0 Å². The predicted octanol–water partition coefficient (Wildman–Crippen LogP) is 9.45. The number of rotatable bonds is 14. The molecule has 0 aromatic heterocycles. The van der Waals surface area contributed by atoms with E-state index in [1.54, 1.807) is 0 Å². The van der Waals surface area contributed by atoms with E-state index in [1.807, 2.05) is 0 Å². The van der Waals surface area contributed by atoms with Crippen LogP contribution in [0.25, 0.3) is 0 Å². The number of benzene rings is 3. The summed E-state index contributed by atoms with van der Waals surface area (Å²) in [6.07, 6.45) is 8.47. The van der Waals surface area contributed by atoms with Crippen LogP contribution in [0.3, 0.4) is 0 Å². The number of aryl methyl sites for hydroxylation is 1. The summed E-state index contributed by atoms with van der Waals surface area (Å²) in [6, 6.07) is 29.3. The van der Waals surface area contributed by atoms with Gasteiger partial charge in [-0.3, -0.25) is 9.62 Å². The van der Waals surface area contributed by atoms with E-state index in [-0.39, 0.29) is 5.41 Å². The fourth-order valence-corrected chi connectivity index (χ4v) is 7.96. The lowest BCUT2D eigenvalue weighted by molar-refractivity contribution is 0.297. The van der Waals surface area contributed by atoms with Crippen molar-refractivity contribution in [2.24, 2.45) is 17.8 Å². The summed E-state index contributed by atoms with van der Waals surface area (Å²) in [5.74, 6) is 12.5. The normalized spacial score (nSPS) is 18.8. The molecule has 5 rings (SSSR count). The van der Waals surface area contributed by atoms with E-state index in [9.17, 15) is 0 Å². The monoisotopic (exact) mass is 612 g/mol. The second-order valence-corrected chi connectivity index (χ2v) is 17.6. The van der Waals surface area contributed by atoms with Crippen molar-refractivity contribution in [3.05, 3.63) is 107 Å². The molecule has 3 aromatic carbocycles. The first-order chi connectivity index (χ1) is 21.0. The third-order valence-electron chi connectivity index (χ3n) is 9.25. The van der Waals surface area contributed by atoms with Gasteiger partial charge >= 0.3 is 0 Å². The Morgan fingerprint density at radius 3 is 1.93 bits per heavy atom. The minimum Gasteiger partial charge on any atom is -0.299 e. The first kappa shape index (κ1) is 34.5. The molecule has 1 heterocycles. The Morgan fingerprint density at radius 1 is 0.795 bits per heavy atom. The summed E-state index contributed by atoms with van der Waals surface area (Å²) < 4.78 is 3.60. The van der Waals surface area contributed by atoms with Crippen LogP contribution in [0, 0.1) is 17.8 Å². The molecule has 0 spiro atoms. The minimum absolute atomic E-state index is 0.224. The predicted molar refractivity (Wildman–Crippen MR) is 199 cm³/mol. The summed E-state index contributed by atoms with van der Waals surface area (Å²) >= 11 is 0. The van der Waals surface area contributed by atoms with Crippen LogP contribution in [-0.2, 0) is 31.2 Å². The molecule has 1 saturated carbocycles. The number of nitrogens with zero attached hydrogens (tertiary/aromatic N) is 1. The number of unbranched alkanes of at least 4 members (excludes halogenated alkanes) is 1. The molecule has 0 radical (unpaired) electrons. The number of likely N-dealkylation sites (tertiary alicyclic amines) is 1. The van der Waals surface area contributed by atoms with E-state index in [0.717, 1.165) is 56.4 Å². The van der Waals surface area contributed by atoms with Gasteiger partial charge in [0.1, 0.15) is 0 Å². The number of hydrogen-bond acceptors (Lipinski definition) is 2. The highest BCUT2D eigenvalue weighted by atomic mass is 32.2. The summed E-state index contributed by atoms with van der Waals surface area (Å²) in [6.45, 7) is 16.3. The molecule has 1 saturated heterocycles. The van der Waals surface area contributed by atoms with Crippen molar-refractivity contribution in [1.29, 1.82) is 0 Å². The maximum Gasteiger partial charge on any atom is 0.0233 e. The average Bonchev–Trinajstić information content (AvgIpc) is 3.60. The maximum atomic E-state index is 4.30. The zero-order chi connectivity index (χ0) is 31.6. The van der Waals surface area contributed by atoms with Gasteiger partial charge in [0.15, 0.2) is 0 Å². The molecular weight excluding hydrogens is 553 g/mol. The molecule has 0 bridgehead atoms. The van der Waals surface area contributed by atoms with Gasteiger partial charge < -0.3 is 0 Å². The van der Waals surface area contributed by atoms with Crippen molar-refractivity contribution in [2.75, 3.05) is 25.4 Å². The molecule has 3 heteroatoms. The molecule has 1 aliphatic carbocycles. The van der Waals surface area contributed by atoms with Crippen molar-refractivity contribution >= 4 is 21.1 Å². The van der Waals surface area contributed by atoms with Crippen molar-refractivity contribution in [3.8, 4) is 0 Å². The van der Waals surface area contributed by atoms with E-state index >= 15 is 0 Å². The second-order valence-electron chi connectivity index (χ2n) is 14.8. The zero-order valence-electron chi connectivity index (χ0n) is 28.5. The molecule has 2 nitrogen and oxygen atoms in total. The van der Waals surface area contributed by atoms with Crippen LogP contribution < -0.4 is 4.72 Å². The van der Waals surface area contributed by atoms with Gasteiger partial charge in [-0.15, -0.1) is 0 Å². The molecule has 3 unspecified atom stereocenters. The van der Waals surface area contributed by atoms with Gasteiger partial charge in [-0.2, -0.15) is 9.39 Å². The van der Waals surface area contributed by atoms with Crippen LogP contribution in [0.1, 0.15) is 88.1 Å². The van der Waals surface area contributed by atoms with E-state index in [1.165, 1.54) is 60.2 Å². The third-order valence-corrected chi connectivity index (χ3v) is 11.1. The van der Waals surface area contributed by atoms with Crippen molar-refractivity contribution < 1.29 is 0 Å². The minimum atomic E-state index is -1.10. The summed E-state index contributed by atoms with van der Waals surface area (Å²) in [5, 5.41) is 0. The topological polar surface area (TPSA) is 15.3 Å². The van der Waals surface area contributed by atoms with E-state index in [4.69, 9.17) is 0 Å². The molecule has 2 fully saturated rings. The van der Waals surface area contributed by atoms with Crippen LogP contribution in [0.5, 0.6) is 0 Å². The first-order valence-electron chi connectivity index (χ1n) is 17.2. The summed E-state index contributed by atoms with van der Waals surface area (Å²) in [7, 11) is -1.10. The smallest absolute Gasteiger partial charge is 0.0233 e. The van der Waals surface area contributed by atoms with Crippen LogP contribution >= 0.6 is 9.39 Å². The number of piperidine rings is 1. The molecule has 240 valence electrons. The van der Waals surface area contributed by atoms with Gasteiger partial charge in [0.05, 0.1) is 0 Å². The van der Waals surface area contributed by atoms with Gasteiger partial charge in [-0.1, -0.05) is 132 Å². The molecule has 3 atom stereocenters. The Hall–Kier alpha value is -2.33. The van der Waals surface area contributed by atoms with Crippen molar-refractivity contribution in [2.45, 2.75) is 91.5 Å². The maximum absolute atomic E-state index is 4.30. The van der Waals surface area contributed by atoms with Crippen LogP contribution in [0.15, 0.2) is 78.9 Å². The SMILES string of the molecule is C=S(=C)(CCCC)NCCCc1ccc(CC(C)Cc2ccc(C(C)(C)C)cc2)cc1.c1ccc(CN2CC3CC3C2)cc1. The molecule has 1 N–H and O–H groups in total.